The monoisotopic (exact) mass is 292 g/mol. The van der Waals surface area contributed by atoms with Crippen LogP contribution in [0.25, 0.3) is 0 Å². The van der Waals surface area contributed by atoms with Gasteiger partial charge in [-0.05, 0) is 6.92 Å². The van der Waals surface area contributed by atoms with Crippen LogP contribution in [0, 0.1) is 0 Å². The Kier molecular flexibility index (Phi) is 4.64. The van der Waals surface area contributed by atoms with Gasteiger partial charge in [0, 0.05) is 19.1 Å². The molecule has 19 heavy (non-hydrogen) atoms. The molecule has 2 heterocycles. The van der Waals surface area contributed by atoms with Crippen molar-refractivity contribution in [2.24, 2.45) is 0 Å². The van der Waals surface area contributed by atoms with Crippen LogP contribution >= 0.6 is 0 Å². The van der Waals surface area contributed by atoms with Gasteiger partial charge in [-0.1, -0.05) is 0 Å². The van der Waals surface area contributed by atoms with Gasteiger partial charge in [0.2, 0.25) is 0 Å². The quantitative estimate of drug-likeness (QED) is 0.735. The zero-order valence-corrected chi connectivity index (χ0v) is 11.8. The Bertz CT molecular complexity index is 419. The third kappa shape index (κ3) is 3.80. The number of hydrogen-bond acceptors (Lipinski definition) is 6. The molecule has 8 heteroatoms. The topological polar surface area (TPSA) is 84.9 Å². The van der Waals surface area contributed by atoms with Crippen LogP contribution in [0.4, 0.5) is 4.79 Å². The molecule has 2 rings (SSSR count). The van der Waals surface area contributed by atoms with E-state index in [2.05, 4.69) is 10.2 Å². The molecule has 2 aliphatic heterocycles. The van der Waals surface area contributed by atoms with E-state index >= 15 is 0 Å². The van der Waals surface area contributed by atoms with Crippen molar-refractivity contribution in [3.63, 3.8) is 0 Å². The standard InChI is InChI=1S/C11H20N2O5S/c1-2-18-11(14)12-9-7-19(15,16)8-10(9)13-3-5-17-6-4-13/h9-10H,2-8H2,1H3,(H,12,14)/t9-,10+/m0/s1. The second kappa shape index (κ2) is 6.06. The SMILES string of the molecule is CCOC(=O)N[C@H]1CS(=O)(=O)C[C@H]1N1CCOCC1. The lowest BCUT2D eigenvalue weighted by atomic mass is 10.1. The van der Waals surface area contributed by atoms with Crippen molar-refractivity contribution in [2.45, 2.75) is 19.0 Å². The average Bonchev–Trinajstić information content (AvgIpc) is 2.66. The van der Waals surface area contributed by atoms with Crippen molar-refractivity contribution in [3.05, 3.63) is 0 Å². The van der Waals surface area contributed by atoms with Crippen LogP contribution in [-0.2, 0) is 19.3 Å². The van der Waals surface area contributed by atoms with Gasteiger partial charge < -0.3 is 14.8 Å². The molecule has 2 fully saturated rings. The molecule has 110 valence electrons. The zero-order chi connectivity index (χ0) is 13.9. The molecular weight excluding hydrogens is 272 g/mol. The van der Waals surface area contributed by atoms with Crippen LogP contribution in [-0.4, -0.2) is 75.9 Å². The minimum Gasteiger partial charge on any atom is -0.450 e. The largest absolute Gasteiger partial charge is 0.450 e. The predicted octanol–water partition coefficient (Wildman–Crippen LogP) is -0.770. The van der Waals surface area contributed by atoms with Crippen LogP contribution in [0.2, 0.25) is 0 Å². The first kappa shape index (κ1) is 14.5. The minimum atomic E-state index is -3.11. The Morgan fingerprint density at radius 2 is 2.05 bits per heavy atom. The summed E-state index contributed by atoms with van der Waals surface area (Å²) in [6, 6.07) is -0.583. The first-order valence-electron chi connectivity index (χ1n) is 6.47. The van der Waals surface area contributed by atoms with Crippen LogP contribution in [0.1, 0.15) is 6.92 Å². The molecule has 0 aliphatic carbocycles. The summed E-state index contributed by atoms with van der Waals surface area (Å²) in [5.41, 5.74) is 0. The molecular formula is C11H20N2O5S. The molecule has 1 N–H and O–H groups in total. The van der Waals surface area contributed by atoms with Crippen molar-refractivity contribution < 1.29 is 22.7 Å². The molecule has 0 saturated carbocycles. The molecule has 0 unspecified atom stereocenters. The maximum absolute atomic E-state index is 11.8. The molecule has 2 saturated heterocycles. The van der Waals surface area contributed by atoms with E-state index in [9.17, 15) is 13.2 Å². The Hall–Kier alpha value is -0.860. The number of rotatable bonds is 3. The lowest BCUT2D eigenvalue weighted by Crippen LogP contribution is -2.54. The van der Waals surface area contributed by atoms with E-state index in [0.29, 0.717) is 26.3 Å². The highest BCUT2D eigenvalue weighted by Crippen LogP contribution is 2.19. The van der Waals surface area contributed by atoms with Crippen LogP contribution in [0.3, 0.4) is 0 Å². The van der Waals surface area contributed by atoms with Gasteiger partial charge in [0.25, 0.3) is 0 Å². The van der Waals surface area contributed by atoms with Gasteiger partial charge in [-0.15, -0.1) is 0 Å². The highest BCUT2D eigenvalue weighted by atomic mass is 32.2. The highest BCUT2D eigenvalue weighted by Gasteiger charge is 2.42. The van der Waals surface area contributed by atoms with E-state index in [-0.39, 0.29) is 24.2 Å². The van der Waals surface area contributed by atoms with Gasteiger partial charge in [0.15, 0.2) is 9.84 Å². The summed E-state index contributed by atoms with van der Waals surface area (Å²) in [5, 5.41) is 2.66. The summed E-state index contributed by atoms with van der Waals surface area (Å²) in [6.45, 7) is 4.58. The molecule has 0 bridgehead atoms. The first-order chi connectivity index (χ1) is 9.02. The summed E-state index contributed by atoms with van der Waals surface area (Å²) in [6.07, 6.45) is -0.553. The normalized spacial score (nSPS) is 31.0. The van der Waals surface area contributed by atoms with Gasteiger partial charge in [-0.25, -0.2) is 13.2 Å². The molecule has 0 spiro atoms. The van der Waals surface area contributed by atoms with Crippen molar-refractivity contribution in [1.29, 1.82) is 0 Å². The smallest absolute Gasteiger partial charge is 0.407 e. The Morgan fingerprint density at radius 3 is 2.68 bits per heavy atom. The van der Waals surface area contributed by atoms with Gasteiger partial charge in [0.05, 0.1) is 37.4 Å². The number of hydrogen-bond donors (Lipinski definition) is 1. The molecule has 0 aromatic carbocycles. The van der Waals surface area contributed by atoms with Crippen LogP contribution in [0.15, 0.2) is 0 Å². The van der Waals surface area contributed by atoms with Gasteiger partial charge in [-0.3, -0.25) is 4.90 Å². The number of morpholine rings is 1. The van der Waals surface area contributed by atoms with Gasteiger partial charge in [0.1, 0.15) is 0 Å². The van der Waals surface area contributed by atoms with Crippen LogP contribution in [0.5, 0.6) is 0 Å². The Morgan fingerprint density at radius 1 is 1.37 bits per heavy atom. The summed E-state index contributed by atoms with van der Waals surface area (Å²) in [4.78, 5) is 13.5. The van der Waals surface area contributed by atoms with Crippen LogP contribution < -0.4 is 5.32 Å². The first-order valence-corrected chi connectivity index (χ1v) is 8.29. The van der Waals surface area contributed by atoms with E-state index in [1.54, 1.807) is 6.92 Å². The average molecular weight is 292 g/mol. The van der Waals surface area contributed by atoms with Gasteiger partial charge >= 0.3 is 6.09 Å². The lowest BCUT2D eigenvalue weighted by Gasteiger charge is -2.34. The molecule has 1 amide bonds. The summed E-state index contributed by atoms with van der Waals surface area (Å²) in [5.74, 6) is 0.0674. The molecule has 0 radical (unpaired) electrons. The number of carbonyl (C=O) groups excluding carboxylic acids is 1. The van der Waals surface area contributed by atoms with E-state index < -0.39 is 22.0 Å². The predicted molar refractivity (Wildman–Crippen MR) is 68.8 cm³/mol. The van der Waals surface area contributed by atoms with Crippen molar-refractivity contribution in [1.82, 2.24) is 10.2 Å². The van der Waals surface area contributed by atoms with E-state index in [1.165, 1.54) is 0 Å². The third-order valence-corrected chi connectivity index (χ3v) is 5.13. The fraction of sp³-hybridized carbons (Fsp3) is 0.909. The van der Waals surface area contributed by atoms with E-state index in [0.717, 1.165) is 0 Å². The van der Waals surface area contributed by atoms with Crippen molar-refractivity contribution in [3.8, 4) is 0 Å². The molecule has 0 aromatic heterocycles. The molecule has 7 nitrogen and oxygen atoms in total. The van der Waals surface area contributed by atoms with Crippen molar-refractivity contribution in [2.75, 3.05) is 44.4 Å². The molecule has 2 aliphatic rings. The second-order valence-corrected chi connectivity index (χ2v) is 6.92. The molecule has 0 aromatic rings. The number of carbonyl (C=O) groups is 1. The zero-order valence-electron chi connectivity index (χ0n) is 11.0. The number of alkyl carbamates (subject to hydrolysis) is 1. The summed E-state index contributed by atoms with van der Waals surface area (Å²) >= 11 is 0. The molecule has 2 atom stereocenters. The fourth-order valence-electron chi connectivity index (χ4n) is 2.56. The van der Waals surface area contributed by atoms with Crippen molar-refractivity contribution >= 4 is 15.9 Å². The number of amides is 1. The number of sulfone groups is 1. The maximum Gasteiger partial charge on any atom is 0.407 e. The maximum atomic E-state index is 11.8. The van der Waals surface area contributed by atoms with Gasteiger partial charge in [-0.2, -0.15) is 0 Å². The second-order valence-electron chi connectivity index (χ2n) is 4.76. The minimum absolute atomic E-state index is 0.0200. The summed E-state index contributed by atoms with van der Waals surface area (Å²) < 4.78 is 33.6. The summed E-state index contributed by atoms with van der Waals surface area (Å²) in [7, 11) is -3.11. The number of ether oxygens (including phenoxy) is 2. The Labute approximate surface area is 113 Å². The number of nitrogens with one attached hydrogen (secondary N) is 1. The highest BCUT2D eigenvalue weighted by molar-refractivity contribution is 7.91. The fourth-order valence-corrected chi connectivity index (χ4v) is 4.51. The Balaban J connectivity index is 2.03. The third-order valence-electron chi connectivity index (χ3n) is 3.42. The lowest BCUT2D eigenvalue weighted by molar-refractivity contribution is 0.0162. The van der Waals surface area contributed by atoms with E-state index in [4.69, 9.17) is 9.47 Å². The van der Waals surface area contributed by atoms with E-state index in [1.807, 2.05) is 0 Å². The number of nitrogens with zero attached hydrogens (tertiary/aromatic N) is 1.